The Balaban J connectivity index is 0. The lowest BCUT2D eigenvalue weighted by atomic mass is 10.2. The van der Waals surface area contributed by atoms with E-state index in [1.807, 2.05) is 18.2 Å². The molecule has 2 aromatic heterocycles. The second-order valence-corrected chi connectivity index (χ2v) is 2.99. The molecule has 19 heavy (non-hydrogen) atoms. The third kappa shape index (κ3) is 7.74. The summed E-state index contributed by atoms with van der Waals surface area (Å²) in [6.45, 7) is 0. The second kappa shape index (κ2) is 9.86. The summed E-state index contributed by atoms with van der Waals surface area (Å²) < 4.78 is 0. The van der Waals surface area contributed by atoms with Gasteiger partial charge in [0.25, 0.3) is 0 Å². The molecule has 0 saturated carbocycles. The standard InChI is InChI=1S/C9H8N4.CH5N3.2ClH/c10-9-12-6-3-8(13-9)7-1-4-11-5-2-7;2-1(3)4;;/h1-6H,(H2,10,12,13);(H5,2,3,4);2*1H. The first-order chi connectivity index (χ1) is 8.09. The van der Waals surface area contributed by atoms with Crippen molar-refractivity contribution in [3.8, 4) is 11.3 Å². The van der Waals surface area contributed by atoms with Gasteiger partial charge in [-0.2, -0.15) is 0 Å². The number of rotatable bonds is 1. The minimum Gasteiger partial charge on any atom is -0.370 e. The minimum atomic E-state index is -0.333. The van der Waals surface area contributed by atoms with E-state index in [0.29, 0.717) is 0 Å². The first-order valence-electron chi connectivity index (χ1n) is 4.68. The van der Waals surface area contributed by atoms with E-state index in [0.717, 1.165) is 11.3 Å². The van der Waals surface area contributed by atoms with Gasteiger partial charge < -0.3 is 17.2 Å². The zero-order chi connectivity index (χ0) is 12.7. The maximum absolute atomic E-state index is 6.06. The average Bonchev–Trinajstić information content (AvgIpc) is 2.29. The molecule has 2 rings (SSSR count). The number of nitrogens with two attached hydrogens (primary N) is 3. The van der Waals surface area contributed by atoms with Crippen LogP contribution in [-0.2, 0) is 0 Å². The van der Waals surface area contributed by atoms with Crippen LogP contribution in [0.2, 0.25) is 0 Å². The average molecular weight is 304 g/mol. The summed E-state index contributed by atoms with van der Waals surface area (Å²) in [6, 6.07) is 5.56. The highest BCUT2D eigenvalue weighted by Crippen LogP contribution is 2.14. The molecule has 0 unspecified atom stereocenters. The number of nitrogens with one attached hydrogen (secondary N) is 1. The van der Waals surface area contributed by atoms with Crippen LogP contribution in [0.5, 0.6) is 0 Å². The first kappa shape index (κ1) is 19.2. The van der Waals surface area contributed by atoms with Gasteiger partial charge >= 0.3 is 0 Å². The molecule has 0 radical (unpaired) electrons. The van der Waals surface area contributed by atoms with Gasteiger partial charge in [-0.15, -0.1) is 24.8 Å². The number of halogens is 2. The van der Waals surface area contributed by atoms with Gasteiger partial charge in [0.05, 0.1) is 5.69 Å². The summed E-state index contributed by atoms with van der Waals surface area (Å²) in [4.78, 5) is 11.8. The van der Waals surface area contributed by atoms with Crippen LogP contribution in [0.3, 0.4) is 0 Å². The van der Waals surface area contributed by atoms with Crippen LogP contribution in [0.25, 0.3) is 11.3 Å². The van der Waals surface area contributed by atoms with E-state index >= 15 is 0 Å². The van der Waals surface area contributed by atoms with Gasteiger partial charge in [0, 0.05) is 24.2 Å². The van der Waals surface area contributed by atoms with Crippen LogP contribution < -0.4 is 17.2 Å². The first-order valence-corrected chi connectivity index (χ1v) is 4.68. The summed E-state index contributed by atoms with van der Waals surface area (Å²) in [5.41, 5.74) is 16.2. The van der Waals surface area contributed by atoms with E-state index in [1.165, 1.54) is 0 Å². The Labute approximate surface area is 123 Å². The van der Waals surface area contributed by atoms with Gasteiger partial charge in [0.15, 0.2) is 5.96 Å². The third-order valence-corrected chi connectivity index (χ3v) is 1.65. The highest BCUT2D eigenvalue weighted by molar-refractivity contribution is 5.85. The van der Waals surface area contributed by atoms with Crippen molar-refractivity contribution in [1.82, 2.24) is 15.0 Å². The van der Waals surface area contributed by atoms with E-state index < -0.39 is 0 Å². The summed E-state index contributed by atoms with van der Waals surface area (Å²) >= 11 is 0. The Bertz CT molecular complexity index is 488. The number of pyridine rings is 1. The monoisotopic (exact) mass is 303 g/mol. The number of hydrogen-bond acceptors (Lipinski definition) is 5. The second-order valence-electron chi connectivity index (χ2n) is 2.99. The Morgan fingerprint density at radius 2 is 1.53 bits per heavy atom. The molecule has 0 aliphatic heterocycles. The maximum Gasteiger partial charge on any atom is 0.220 e. The van der Waals surface area contributed by atoms with Gasteiger partial charge in [-0.05, 0) is 18.2 Å². The van der Waals surface area contributed by atoms with Crippen LogP contribution in [0.1, 0.15) is 0 Å². The summed E-state index contributed by atoms with van der Waals surface area (Å²) in [6.07, 6.45) is 5.07. The van der Waals surface area contributed by atoms with E-state index in [2.05, 4.69) is 26.4 Å². The molecule has 7 N–H and O–H groups in total. The fraction of sp³-hybridized carbons (Fsp3) is 0. The fourth-order valence-corrected chi connectivity index (χ4v) is 1.06. The van der Waals surface area contributed by atoms with Crippen molar-refractivity contribution in [3.63, 3.8) is 0 Å². The number of nitrogens with zero attached hydrogens (tertiary/aromatic N) is 3. The number of hydrogen-bond donors (Lipinski definition) is 4. The van der Waals surface area contributed by atoms with Crippen LogP contribution in [-0.4, -0.2) is 20.9 Å². The van der Waals surface area contributed by atoms with Crippen LogP contribution >= 0.6 is 24.8 Å². The molecule has 104 valence electrons. The highest BCUT2D eigenvalue weighted by atomic mass is 35.5. The molecule has 0 spiro atoms. The van der Waals surface area contributed by atoms with Crippen LogP contribution in [0, 0.1) is 5.41 Å². The smallest absolute Gasteiger partial charge is 0.220 e. The zero-order valence-electron chi connectivity index (χ0n) is 9.85. The Morgan fingerprint density at radius 3 is 2.00 bits per heavy atom. The lowest BCUT2D eigenvalue weighted by Crippen LogP contribution is -2.20. The molecule has 0 aliphatic carbocycles. The summed E-state index contributed by atoms with van der Waals surface area (Å²) in [5, 5.41) is 6.06. The van der Waals surface area contributed by atoms with Gasteiger partial charge in [0.1, 0.15) is 0 Å². The molecule has 0 amide bonds. The molecule has 0 fully saturated rings. The third-order valence-electron chi connectivity index (χ3n) is 1.65. The number of anilines is 1. The molecule has 0 saturated heterocycles. The van der Waals surface area contributed by atoms with Crippen molar-refractivity contribution in [2.45, 2.75) is 0 Å². The predicted molar refractivity (Wildman–Crippen MR) is 80.3 cm³/mol. The van der Waals surface area contributed by atoms with Gasteiger partial charge in [0.2, 0.25) is 5.95 Å². The lowest BCUT2D eigenvalue weighted by molar-refractivity contribution is 1.19. The molecule has 2 aromatic rings. The van der Waals surface area contributed by atoms with Crippen molar-refractivity contribution in [3.05, 3.63) is 36.8 Å². The van der Waals surface area contributed by atoms with E-state index in [9.17, 15) is 0 Å². The topological polar surface area (TPSA) is 141 Å². The molecule has 0 aromatic carbocycles. The quantitative estimate of drug-likeness (QED) is 0.453. The van der Waals surface area contributed by atoms with Gasteiger partial charge in [-0.25, -0.2) is 9.97 Å². The molecule has 7 nitrogen and oxygen atoms in total. The van der Waals surface area contributed by atoms with Crippen molar-refractivity contribution in [2.75, 3.05) is 5.73 Å². The lowest BCUT2D eigenvalue weighted by Gasteiger charge is -1.99. The molecule has 0 bridgehead atoms. The SMILES string of the molecule is Cl.Cl.N=C(N)N.Nc1nccc(-c2ccncc2)n1. The summed E-state index contributed by atoms with van der Waals surface area (Å²) in [5.74, 6) is -0.0469. The zero-order valence-corrected chi connectivity index (χ0v) is 11.5. The minimum absolute atomic E-state index is 0. The highest BCUT2D eigenvalue weighted by Gasteiger charge is 1.97. The summed E-state index contributed by atoms with van der Waals surface area (Å²) in [7, 11) is 0. The van der Waals surface area contributed by atoms with Crippen LogP contribution in [0.15, 0.2) is 36.8 Å². The number of nitrogen functional groups attached to an aromatic ring is 1. The molecule has 9 heteroatoms. The molecule has 0 atom stereocenters. The fourth-order valence-electron chi connectivity index (χ4n) is 1.06. The molecule has 0 aliphatic rings. The normalized spacial score (nSPS) is 8.00. The predicted octanol–water partition coefficient (Wildman–Crippen LogP) is 0.803. The Kier molecular flexibility index (Phi) is 9.98. The van der Waals surface area contributed by atoms with Crippen molar-refractivity contribution >= 4 is 36.7 Å². The largest absolute Gasteiger partial charge is 0.370 e. The van der Waals surface area contributed by atoms with Gasteiger partial charge in [-0.1, -0.05) is 0 Å². The molecular weight excluding hydrogens is 289 g/mol. The Morgan fingerprint density at radius 1 is 1.00 bits per heavy atom. The van der Waals surface area contributed by atoms with Crippen molar-refractivity contribution < 1.29 is 0 Å². The number of guanidine groups is 1. The van der Waals surface area contributed by atoms with E-state index in [4.69, 9.17) is 11.1 Å². The number of aromatic nitrogens is 3. The van der Waals surface area contributed by atoms with Crippen molar-refractivity contribution in [2.24, 2.45) is 11.5 Å². The van der Waals surface area contributed by atoms with Crippen molar-refractivity contribution in [1.29, 1.82) is 5.41 Å². The van der Waals surface area contributed by atoms with Crippen LogP contribution in [0.4, 0.5) is 5.95 Å². The molecular formula is C10H15Cl2N7. The van der Waals surface area contributed by atoms with Gasteiger partial charge in [-0.3, -0.25) is 10.4 Å². The maximum atomic E-state index is 6.06. The van der Waals surface area contributed by atoms with E-state index in [-0.39, 0.29) is 36.7 Å². The Hall–Kier alpha value is -2.12. The van der Waals surface area contributed by atoms with E-state index in [1.54, 1.807) is 18.6 Å². The molecule has 2 heterocycles.